The number of nitrogens with zero attached hydrogens (tertiary/aromatic N) is 1. The number of rotatable bonds is 7. The topological polar surface area (TPSA) is 71.8 Å². The average Bonchev–Trinajstić information content (AvgIpc) is 3.24. The average molecular weight is 382 g/mol. The van der Waals surface area contributed by atoms with E-state index in [2.05, 4.69) is 5.32 Å². The van der Waals surface area contributed by atoms with E-state index in [-0.39, 0.29) is 11.8 Å². The number of hydrogen-bond acceptors (Lipinski definition) is 4. The van der Waals surface area contributed by atoms with Gasteiger partial charge < -0.3 is 19.4 Å². The predicted octanol–water partition coefficient (Wildman–Crippen LogP) is 2.90. The lowest BCUT2D eigenvalue weighted by molar-refractivity contribution is -0.127. The lowest BCUT2D eigenvalue weighted by Crippen LogP contribution is -2.41. The number of piperidine rings is 1. The van der Waals surface area contributed by atoms with E-state index in [4.69, 9.17) is 9.15 Å². The van der Waals surface area contributed by atoms with Crippen LogP contribution in [0.5, 0.6) is 5.75 Å². The highest BCUT2D eigenvalue weighted by atomic mass is 16.5. The Morgan fingerprint density at radius 1 is 1.25 bits per heavy atom. The summed E-state index contributed by atoms with van der Waals surface area (Å²) in [5.41, 5.74) is 0.931. The third-order valence-corrected chi connectivity index (χ3v) is 4.95. The molecule has 1 aliphatic heterocycles. The Kier molecular flexibility index (Phi) is 6.89. The second-order valence-corrected chi connectivity index (χ2v) is 6.95. The first-order chi connectivity index (χ1) is 13.6. The monoisotopic (exact) mass is 382 g/mol. The quantitative estimate of drug-likeness (QED) is 0.748. The van der Waals surface area contributed by atoms with Gasteiger partial charge in [-0.3, -0.25) is 9.59 Å². The van der Waals surface area contributed by atoms with Crippen molar-refractivity contribution in [3.63, 3.8) is 0 Å². The van der Waals surface area contributed by atoms with Crippen LogP contribution < -0.4 is 10.1 Å². The molecule has 0 saturated carbocycles. The molecule has 3 rings (SSSR count). The van der Waals surface area contributed by atoms with Gasteiger partial charge in [-0.15, -0.1) is 0 Å². The van der Waals surface area contributed by atoms with E-state index in [0.717, 1.165) is 24.2 Å². The van der Waals surface area contributed by atoms with Gasteiger partial charge in [0.05, 0.1) is 19.8 Å². The van der Waals surface area contributed by atoms with Crippen LogP contribution in [0.25, 0.3) is 6.08 Å². The van der Waals surface area contributed by atoms with Crippen LogP contribution in [0.4, 0.5) is 0 Å². The molecule has 1 aromatic heterocycles. The Morgan fingerprint density at radius 2 is 2.07 bits per heavy atom. The Hall–Kier alpha value is -3.02. The van der Waals surface area contributed by atoms with Crippen LogP contribution in [-0.4, -0.2) is 43.5 Å². The summed E-state index contributed by atoms with van der Waals surface area (Å²) in [6, 6.07) is 11.1. The molecular formula is C22H26N2O4. The first kappa shape index (κ1) is 19.7. The lowest BCUT2D eigenvalue weighted by atomic mass is 9.96. The molecule has 1 saturated heterocycles. The molecule has 0 aliphatic carbocycles. The van der Waals surface area contributed by atoms with Crippen LogP contribution in [-0.2, 0) is 16.0 Å². The smallest absolute Gasteiger partial charge is 0.246 e. The van der Waals surface area contributed by atoms with Crippen molar-refractivity contribution in [1.29, 1.82) is 0 Å². The second kappa shape index (κ2) is 9.78. The van der Waals surface area contributed by atoms with Gasteiger partial charge in [0.1, 0.15) is 11.5 Å². The predicted molar refractivity (Wildman–Crippen MR) is 107 cm³/mol. The van der Waals surface area contributed by atoms with Crippen LogP contribution >= 0.6 is 0 Å². The van der Waals surface area contributed by atoms with E-state index in [9.17, 15) is 9.59 Å². The number of carbonyl (C=O) groups excluding carboxylic acids is 2. The van der Waals surface area contributed by atoms with Crippen LogP contribution in [0.15, 0.2) is 53.2 Å². The van der Waals surface area contributed by atoms with Gasteiger partial charge in [-0.05, 0) is 54.7 Å². The summed E-state index contributed by atoms with van der Waals surface area (Å²) >= 11 is 0. The summed E-state index contributed by atoms with van der Waals surface area (Å²) in [7, 11) is 1.61. The first-order valence-corrected chi connectivity index (χ1v) is 9.54. The van der Waals surface area contributed by atoms with Gasteiger partial charge in [0, 0.05) is 25.7 Å². The van der Waals surface area contributed by atoms with Crippen molar-refractivity contribution in [3.05, 3.63) is 60.1 Å². The molecule has 2 heterocycles. The van der Waals surface area contributed by atoms with Gasteiger partial charge in [0.15, 0.2) is 0 Å². The van der Waals surface area contributed by atoms with E-state index in [1.54, 1.807) is 31.6 Å². The van der Waals surface area contributed by atoms with Gasteiger partial charge >= 0.3 is 0 Å². The largest absolute Gasteiger partial charge is 0.497 e. The molecule has 6 heteroatoms. The van der Waals surface area contributed by atoms with E-state index in [0.29, 0.717) is 37.7 Å². The van der Waals surface area contributed by atoms with E-state index in [1.165, 1.54) is 0 Å². The zero-order valence-corrected chi connectivity index (χ0v) is 16.1. The maximum atomic E-state index is 12.2. The highest BCUT2D eigenvalue weighted by Crippen LogP contribution is 2.17. The van der Waals surface area contributed by atoms with Crippen LogP contribution in [0.3, 0.4) is 0 Å². The standard InChI is InChI=1S/C22H26N2O4/c1-27-20-5-2-4-18(14-20)15-21(25)23-16-17-9-11-24(12-10-17)22(26)8-7-19-6-3-13-28-19/h2-8,13-14,17H,9-12,15-16H2,1H3,(H,23,25). The Bertz CT molecular complexity index is 806. The summed E-state index contributed by atoms with van der Waals surface area (Å²) in [5.74, 6) is 1.82. The number of benzene rings is 1. The van der Waals surface area contributed by atoms with Gasteiger partial charge in [-0.1, -0.05) is 12.1 Å². The van der Waals surface area contributed by atoms with E-state index >= 15 is 0 Å². The van der Waals surface area contributed by atoms with Gasteiger partial charge in [-0.2, -0.15) is 0 Å². The molecule has 1 aliphatic rings. The van der Waals surface area contributed by atoms with Crippen molar-refractivity contribution in [2.45, 2.75) is 19.3 Å². The van der Waals surface area contributed by atoms with Crippen molar-refractivity contribution in [3.8, 4) is 5.75 Å². The number of methoxy groups -OCH3 is 1. The number of ether oxygens (including phenoxy) is 1. The second-order valence-electron chi connectivity index (χ2n) is 6.95. The van der Waals surface area contributed by atoms with Gasteiger partial charge in [-0.25, -0.2) is 0 Å². The molecule has 148 valence electrons. The zero-order valence-electron chi connectivity index (χ0n) is 16.1. The van der Waals surface area contributed by atoms with Crippen molar-refractivity contribution in [2.75, 3.05) is 26.7 Å². The Labute approximate surface area is 165 Å². The van der Waals surface area contributed by atoms with Crippen molar-refractivity contribution >= 4 is 17.9 Å². The maximum absolute atomic E-state index is 12.2. The number of furan rings is 1. The molecule has 0 bridgehead atoms. The summed E-state index contributed by atoms with van der Waals surface area (Å²) in [6.07, 6.45) is 6.94. The number of nitrogens with one attached hydrogen (secondary N) is 1. The number of carbonyl (C=O) groups is 2. The summed E-state index contributed by atoms with van der Waals surface area (Å²) < 4.78 is 10.4. The Balaban J connectivity index is 1.38. The highest BCUT2D eigenvalue weighted by molar-refractivity contribution is 5.91. The lowest BCUT2D eigenvalue weighted by Gasteiger charge is -2.31. The van der Waals surface area contributed by atoms with Crippen molar-refractivity contribution in [2.24, 2.45) is 5.92 Å². The molecular weight excluding hydrogens is 356 g/mol. The molecule has 1 N–H and O–H groups in total. The molecule has 28 heavy (non-hydrogen) atoms. The third kappa shape index (κ3) is 5.74. The van der Waals surface area contributed by atoms with Crippen LogP contribution in [0.2, 0.25) is 0 Å². The minimum absolute atomic E-state index is 0.00286. The fourth-order valence-electron chi connectivity index (χ4n) is 3.29. The molecule has 2 amide bonds. The Morgan fingerprint density at radius 3 is 2.79 bits per heavy atom. The molecule has 0 atom stereocenters. The summed E-state index contributed by atoms with van der Waals surface area (Å²) in [5, 5.41) is 3.02. The molecule has 2 aromatic rings. The number of likely N-dealkylation sites (tertiary alicyclic amines) is 1. The fraction of sp³-hybridized carbons (Fsp3) is 0.364. The van der Waals surface area contributed by atoms with Crippen LogP contribution in [0, 0.1) is 5.92 Å². The van der Waals surface area contributed by atoms with E-state index < -0.39 is 0 Å². The molecule has 6 nitrogen and oxygen atoms in total. The molecule has 0 spiro atoms. The fourth-order valence-corrected chi connectivity index (χ4v) is 3.29. The summed E-state index contributed by atoms with van der Waals surface area (Å²) in [4.78, 5) is 26.3. The van der Waals surface area contributed by atoms with Crippen molar-refractivity contribution < 1.29 is 18.7 Å². The minimum Gasteiger partial charge on any atom is -0.497 e. The number of hydrogen-bond donors (Lipinski definition) is 1. The molecule has 1 fully saturated rings. The number of amides is 2. The molecule has 0 radical (unpaired) electrons. The van der Waals surface area contributed by atoms with Crippen LogP contribution in [0.1, 0.15) is 24.2 Å². The zero-order chi connectivity index (χ0) is 19.8. The van der Waals surface area contributed by atoms with Gasteiger partial charge in [0.2, 0.25) is 11.8 Å². The minimum atomic E-state index is -0.00286. The third-order valence-electron chi connectivity index (χ3n) is 4.95. The first-order valence-electron chi connectivity index (χ1n) is 9.54. The normalized spacial score (nSPS) is 15.0. The highest BCUT2D eigenvalue weighted by Gasteiger charge is 2.22. The maximum Gasteiger partial charge on any atom is 0.246 e. The van der Waals surface area contributed by atoms with Gasteiger partial charge in [0.25, 0.3) is 0 Å². The SMILES string of the molecule is COc1cccc(CC(=O)NCC2CCN(C(=O)C=Cc3ccco3)CC2)c1. The van der Waals surface area contributed by atoms with Crippen molar-refractivity contribution in [1.82, 2.24) is 10.2 Å². The molecule has 0 unspecified atom stereocenters. The van der Waals surface area contributed by atoms with E-state index in [1.807, 2.05) is 35.2 Å². The summed E-state index contributed by atoms with van der Waals surface area (Å²) in [6.45, 7) is 2.06. The molecule has 1 aromatic carbocycles.